The van der Waals surface area contributed by atoms with Gasteiger partial charge in [-0.2, -0.15) is 11.8 Å². The normalized spacial score (nSPS) is 30.7. The number of amides is 1. The van der Waals surface area contributed by atoms with E-state index in [4.69, 9.17) is 5.11 Å². The molecule has 0 bridgehead atoms. The number of hydrogen-bond donors (Lipinski definition) is 2. The van der Waals surface area contributed by atoms with Crippen molar-refractivity contribution in [2.45, 2.75) is 58.4 Å². The molecular weight excluding hydrogens is 286 g/mol. The Bertz CT molecular complexity index is 395. The Labute approximate surface area is 131 Å². The first-order valence-corrected chi connectivity index (χ1v) is 9.16. The van der Waals surface area contributed by atoms with Gasteiger partial charge in [0.25, 0.3) is 0 Å². The first kappa shape index (κ1) is 16.7. The molecule has 2 rings (SSSR count). The quantitative estimate of drug-likeness (QED) is 0.758. The van der Waals surface area contributed by atoms with Gasteiger partial charge >= 0.3 is 5.97 Å². The highest BCUT2D eigenvalue weighted by molar-refractivity contribution is 7.99. The van der Waals surface area contributed by atoms with Crippen LogP contribution in [-0.2, 0) is 9.59 Å². The summed E-state index contributed by atoms with van der Waals surface area (Å²) in [6.45, 7) is 4.49. The standard InChI is InChI=1S/C16H27NO3S/c1-11-4-3-5-13(12(11)2)17-14(18)9-21-10-16(6-7-16)8-15(19)20/h11-13H,3-10H2,1-2H3,(H,17,18)(H,19,20). The Kier molecular flexibility index (Phi) is 5.58. The maximum Gasteiger partial charge on any atom is 0.303 e. The Morgan fingerprint density at radius 1 is 1.29 bits per heavy atom. The molecule has 2 aliphatic rings. The fourth-order valence-electron chi connectivity index (χ4n) is 3.26. The van der Waals surface area contributed by atoms with Crippen LogP contribution in [0.5, 0.6) is 0 Å². The van der Waals surface area contributed by atoms with Crippen LogP contribution in [0.4, 0.5) is 0 Å². The predicted octanol–water partition coefficient (Wildman–Crippen LogP) is 2.92. The maximum absolute atomic E-state index is 12.0. The van der Waals surface area contributed by atoms with E-state index in [0.29, 0.717) is 23.6 Å². The Morgan fingerprint density at radius 2 is 2.00 bits per heavy atom. The number of carbonyl (C=O) groups is 2. The Morgan fingerprint density at radius 3 is 2.62 bits per heavy atom. The summed E-state index contributed by atoms with van der Waals surface area (Å²) in [5.41, 5.74) is -0.0244. The first-order valence-electron chi connectivity index (χ1n) is 8.01. The Hall–Kier alpha value is -0.710. The van der Waals surface area contributed by atoms with Crippen molar-refractivity contribution < 1.29 is 14.7 Å². The van der Waals surface area contributed by atoms with E-state index in [1.165, 1.54) is 12.8 Å². The molecule has 2 fully saturated rings. The number of carboxylic acids is 1. The first-order chi connectivity index (χ1) is 9.92. The number of aliphatic carboxylic acids is 1. The van der Waals surface area contributed by atoms with Crippen LogP contribution in [0.1, 0.15) is 52.4 Å². The van der Waals surface area contributed by atoms with E-state index in [0.717, 1.165) is 25.0 Å². The fraction of sp³-hybridized carbons (Fsp3) is 0.875. The van der Waals surface area contributed by atoms with Gasteiger partial charge in [0.1, 0.15) is 0 Å². The van der Waals surface area contributed by atoms with Crippen LogP contribution >= 0.6 is 11.8 Å². The van der Waals surface area contributed by atoms with Gasteiger partial charge in [-0.15, -0.1) is 0 Å². The molecule has 1 amide bonds. The van der Waals surface area contributed by atoms with Crippen LogP contribution in [0.2, 0.25) is 0 Å². The lowest BCUT2D eigenvalue weighted by Crippen LogP contribution is -2.44. The van der Waals surface area contributed by atoms with E-state index in [1.54, 1.807) is 11.8 Å². The zero-order chi connectivity index (χ0) is 15.5. The largest absolute Gasteiger partial charge is 0.481 e. The average molecular weight is 313 g/mol. The van der Waals surface area contributed by atoms with Crippen LogP contribution in [0, 0.1) is 17.3 Å². The minimum Gasteiger partial charge on any atom is -0.481 e. The summed E-state index contributed by atoms with van der Waals surface area (Å²) >= 11 is 1.59. The van der Waals surface area contributed by atoms with E-state index in [9.17, 15) is 9.59 Å². The number of hydrogen-bond acceptors (Lipinski definition) is 3. The van der Waals surface area contributed by atoms with Crippen molar-refractivity contribution in [1.29, 1.82) is 0 Å². The lowest BCUT2D eigenvalue weighted by Gasteiger charge is -2.34. The number of carboxylic acid groups (broad SMARTS) is 1. The SMILES string of the molecule is CC1CCCC(NC(=O)CSCC2(CC(=O)O)CC2)C1C. The summed E-state index contributed by atoms with van der Waals surface area (Å²) in [7, 11) is 0. The van der Waals surface area contributed by atoms with Crippen molar-refractivity contribution in [3.05, 3.63) is 0 Å². The second kappa shape index (κ2) is 7.03. The second-order valence-corrected chi connectivity index (χ2v) is 7.99. The van der Waals surface area contributed by atoms with Gasteiger partial charge in [-0.05, 0) is 42.3 Å². The molecule has 120 valence electrons. The number of nitrogens with one attached hydrogen (secondary N) is 1. The van der Waals surface area contributed by atoms with Gasteiger partial charge in [0.05, 0.1) is 12.2 Å². The summed E-state index contributed by atoms with van der Waals surface area (Å²) in [6, 6.07) is 0.316. The van der Waals surface area contributed by atoms with Crippen molar-refractivity contribution in [1.82, 2.24) is 5.32 Å². The zero-order valence-corrected chi connectivity index (χ0v) is 13.9. The second-order valence-electron chi connectivity index (χ2n) is 7.00. The van der Waals surface area contributed by atoms with Gasteiger partial charge in [-0.25, -0.2) is 0 Å². The van der Waals surface area contributed by atoms with Gasteiger partial charge in [0.2, 0.25) is 5.91 Å². The van der Waals surface area contributed by atoms with Crippen molar-refractivity contribution in [2.24, 2.45) is 17.3 Å². The van der Waals surface area contributed by atoms with E-state index in [-0.39, 0.29) is 17.7 Å². The average Bonchev–Trinajstić information content (AvgIpc) is 3.14. The monoisotopic (exact) mass is 313 g/mol. The summed E-state index contributed by atoms with van der Waals surface area (Å²) in [4.78, 5) is 22.8. The fourth-order valence-corrected chi connectivity index (χ4v) is 4.46. The number of carbonyl (C=O) groups excluding carboxylic acids is 1. The van der Waals surface area contributed by atoms with Crippen molar-refractivity contribution in [2.75, 3.05) is 11.5 Å². The molecule has 0 spiro atoms. The van der Waals surface area contributed by atoms with Gasteiger partial charge in [0, 0.05) is 6.04 Å². The molecule has 0 aromatic carbocycles. The predicted molar refractivity (Wildman–Crippen MR) is 85.4 cm³/mol. The van der Waals surface area contributed by atoms with Crippen LogP contribution in [0.15, 0.2) is 0 Å². The third kappa shape index (κ3) is 4.90. The van der Waals surface area contributed by atoms with Crippen LogP contribution in [-0.4, -0.2) is 34.5 Å². The van der Waals surface area contributed by atoms with Crippen molar-refractivity contribution in [3.63, 3.8) is 0 Å². The van der Waals surface area contributed by atoms with E-state index in [2.05, 4.69) is 19.2 Å². The minimum absolute atomic E-state index is 0.0244. The smallest absolute Gasteiger partial charge is 0.303 e. The number of thioether (sulfide) groups is 1. The third-order valence-electron chi connectivity index (χ3n) is 5.18. The molecule has 5 heteroatoms. The molecule has 2 saturated carbocycles. The summed E-state index contributed by atoms with van der Waals surface area (Å²) in [6.07, 6.45) is 5.78. The molecule has 0 radical (unpaired) electrons. The highest BCUT2D eigenvalue weighted by Crippen LogP contribution is 2.50. The van der Waals surface area contributed by atoms with Crippen molar-refractivity contribution >= 4 is 23.6 Å². The molecule has 0 aromatic heterocycles. The van der Waals surface area contributed by atoms with Gasteiger partial charge in [-0.1, -0.05) is 26.7 Å². The molecular formula is C16H27NO3S. The lowest BCUT2D eigenvalue weighted by molar-refractivity contribution is -0.138. The van der Waals surface area contributed by atoms with E-state index >= 15 is 0 Å². The number of rotatable bonds is 7. The zero-order valence-electron chi connectivity index (χ0n) is 13.1. The molecule has 0 heterocycles. The lowest BCUT2D eigenvalue weighted by atomic mass is 9.78. The highest BCUT2D eigenvalue weighted by Gasteiger charge is 2.44. The molecule has 0 aromatic rings. The van der Waals surface area contributed by atoms with Gasteiger partial charge in [-0.3, -0.25) is 9.59 Å². The summed E-state index contributed by atoms with van der Waals surface area (Å²) < 4.78 is 0. The van der Waals surface area contributed by atoms with Gasteiger partial charge in [0.15, 0.2) is 0 Å². The third-order valence-corrected chi connectivity index (χ3v) is 6.46. The molecule has 2 N–H and O–H groups in total. The van der Waals surface area contributed by atoms with E-state index < -0.39 is 5.97 Å². The molecule has 21 heavy (non-hydrogen) atoms. The maximum atomic E-state index is 12.0. The molecule has 2 aliphatic carbocycles. The van der Waals surface area contributed by atoms with Crippen molar-refractivity contribution in [3.8, 4) is 0 Å². The highest BCUT2D eigenvalue weighted by atomic mass is 32.2. The van der Waals surface area contributed by atoms with Crippen LogP contribution in [0.3, 0.4) is 0 Å². The summed E-state index contributed by atoms with van der Waals surface area (Å²) in [5, 5.41) is 12.0. The van der Waals surface area contributed by atoms with Crippen LogP contribution in [0.25, 0.3) is 0 Å². The molecule has 3 atom stereocenters. The molecule has 0 saturated heterocycles. The Balaban J connectivity index is 1.67. The van der Waals surface area contributed by atoms with Crippen LogP contribution < -0.4 is 5.32 Å². The topological polar surface area (TPSA) is 66.4 Å². The molecule has 3 unspecified atom stereocenters. The summed E-state index contributed by atoms with van der Waals surface area (Å²) in [5.74, 6) is 1.87. The van der Waals surface area contributed by atoms with E-state index in [1.807, 2.05) is 0 Å². The minimum atomic E-state index is -0.720. The molecule has 0 aliphatic heterocycles. The molecule has 4 nitrogen and oxygen atoms in total. The van der Waals surface area contributed by atoms with Gasteiger partial charge < -0.3 is 10.4 Å².